The summed E-state index contributed by atoms with van der Waals surface area (Å²) in [5, 5.41) is 21.8. The molecule has 0 aromatic rings. The quantitative estimate of drug-likeness (QED) is 0.690. The van der Waals surface area contributed by atoms with E-state index in [-0.39, 0.29) is 18.7 Å². The first-order chi connectivity index (χ1) is 10.0. The number of aliphatic carboxylic acids is 1. The first-order valence-electron chi connectivity index (χ1n) is 7.98. The van der Waals surface area contributed by atoms with E-state index in [4.69, 9.17) is 0 Å². The summed E-state index contributed by atoms with van der Waals surface area (Å²) in [6.07, 6.45) is 6.13. The molecule has 0 bridgehead atoms. The molecule has 2 rings (SSSR count). The molecule has 2 aliphatic rings. The van der Waals surface area contributed by atoms with Gasteiger partial charge in [-0.05, 0) is 25.7 Å². The van der Waals surface area contributed by atoms with Gasteiger partial charge in [0, 0.05) is 19.6 Å². The lowest BCUT2D eigenvalue weighted by molar-refractivity contribution is -0.149. The van der Waals surface area contributed by atoms with Crippen LogP contribution in [0.2, 0.25) is 0 Å². The summed E-state index contributed by atoms with van der Waals surface area (Å²) in [7, 11) is 0. The molecule has 1 aliphatic heterocycles. The second-order valence-corrected chi connectivity index (χ2v) is 6.38. The van der Waals surface area contributed by atoms with Crippen molar-refractivity contribution in [3.8, 4) is 0 Å². The number of likely N-dealkylation sites (tertiary alicyclic amines) is 1. The number of carbonyl (C=O) groups excluding carboxylic acids is 1. The van der Waals surface area contributed by atoms with Gasteiger partial charge in [0.1, 0.15) is 0 Å². The van der Waals surface area contributed by atoms with Gasteiger partial charge in [0.15, 0.2) is 0 Å². The normalized spacial score (nSPS) is 23.4. The molecule has 2 amide bonds. The van der Waals surface area contributed by atoms with Crippen molar-refractivity contribution in [1.29, 1.82) is 0 Å². The monoisotopic (exact) mass is 298 g/mol. The average molecular weight is 298 g/mol. The molecule has 0 spiro atoms. The van der Waals surface area contributed by atoms with Crippen LogP contribution in [0.4, 0.5) is 4.79 Å². The first-order valence-corrected chi connectivity index (χ1v) is 7.98. The zero-order valence-corrected chi connectivity index (χ0v) is 12.5. The number of aliphatic hydroxyl groups is 1. The fourth-order valence-corrected chi connectivity index (χ4v) is 3.30. The van der Waals surface area contributed by atoms with Crippen LogP contribution in [0, 0.1) is 5.41 Å². The third-order valence-electron chi connectivity index (χ3n) is 4.84. The van der Waals surface area contributed by atoms with E-state index in [2.05, 4.69) is 5.32 Å². The highest BCUT2D eigenvalue weighted by Gasteiger charge is 2.39. The predicted octanol–water partition coefficient (Wildman–Crippen LogP) is 1.58. The number of nitrogens with one attached hydrogen (secondary N) is 1. The molecule has 0 radical (unpaired) electrons. The number of carboxylic acids is 1. The molecule has 6 heteroatoms. The van der Waals surface area contributed by atoms with Gasteiger partial charge >= 0.3 is 12.0 Å². The molecule has 0 unspecified atom stereocenters. The van der Waals surface area contributed by atoms with E-state index >= 15 is 0 Å². The van der Waals surface area contributed by atoms with Crippen molar-refractivity contribution in [3.05, 3.63) is 0 Å². The first kappa shape index (κ1) is 16.1. The third kappa shape index (κ3) is 4.09. The van der Waals surface area contributed by atoms with Crippen LogP contribution in [-0.2, 0) is 4.79 Å². The van der Waals surface area contributed by atoms with E-state index in [0.29, 0.717) is 38.8 Å². The molecular weight excluding hydrogens is 272 g/mol. The molecule has 1 aliphatic carbocycles. The molecule has 6 nitrogen and oxygen atoms in total. The summed E-state index contributed by atoms with van der Waals surface area (Å²) in [6, 6.07) is -0.202. The Morgan fingerprint density at radius 3 is 2.19 bits per heavy atom. The number of carbonyl (C=O) groups is 2. The number of urea groups is 1. The van der Waals surface area contributed by atoms with E-state index in [0.717, 1.165) is 25.7 Å². The number of rotatable bonds is 3. The molecule has 120 valence electrons. The molecule has 1 heterocycles. The number of amides is 2. The van der Waals surface area contributed by atoms with Crippen molar-refractivity contribution >= 4 is 12.0 Å². The Morgan fingerprint density at radius 2 is 1.67 bits per heavy atom. The average Bonchev–Trinajstić information content (AvgIpc) is 2.72. The number of carboxylic acid groups (broad SMARTS) is 1. The van der Waals surface area contributed by atoms with Gasteiger partial charge in [-0.25, -0.2) is 4.79 Å². The summed E-state index contributed by atoms with van der Waals surface area (Å²) in [6.45, 7) is 1.28. The van der Waals surface area contributed by atoms with Crippen LogP contribution in [0.15, 0.2) is 0 Å². The van der Waals surface area contributed by atoms with E-state index in [9.17, 15) is 19.8 Å². The van der Waals surface area contributed by atoms with Gasteiger partial charge in [-0.15, -0.1) is 0 Å². The van der Waals surface area contributed by atoms with Gasteiger partial charge in [0.25, 0.3) is 0 Å². The molecule has 1 saturated carbocycles. The smallest absolute Gasteiger partial charge is 0.317 e. The Labute approximate surface area is 125 Å². The topological polar surface area (TPSA) is 89.9 Å². The summed E-state index contributed by atoms with van der Waals surface area (Å²) >= 11 is 0. The van der Waals surface area contributed by atoms with Crippen LogP contribution >= 0.6 is 0 Å². The lowest BCUT2D eigenvalue weighted by atomic mass is 9.80. The maximum absolute atomic E-state index is 12.1. The minimum absolute atomic E-state index is 0.202. The Hall–Kier alpha value is -1.30. The Bertz CT molecular complexity index is 370. The number of hydrogen-bond donors (Lipinski definition) is 3. The molecule has 21 heavy (non-hydrogen) atoms. The van der Waals surface area contributed by atoms with E-state index in [1.165, 1.54) is 0 Å². The molecule has 1 saturated heterocycles. The predicted molar refractivity (Wildman–Crippen MR) is 78.0 cm³/mol. The van der Waals surface area contributed by atoms with Crippen molar-refractivity contribution in [3.63, 3.8) is 0 Å². The van der Waals surface area contributed by atoms with E-state index < -0.39 is 11.4 Å². The van der Waals surface area contributed by atoms with Gasteiger partial charge < -0.3 is 20.4 Å². The lowest BCUT2D eigenvalue weighted by Gasteiger charge is -2.32. The van der Waals surface area contributed by atoms with Crippen molar-refractivity contribution in [2.75, 3.05) is 19.6 Å². The van der Waals surface area contributed by atoms with Crippen molar-refractivity contribution in [1.82, 2.24) is 10.2 Å². The molecule has 0 aromatic carbocycles. The fraction of sp³-hybridized carbons (Fsp3) is 0.867. The standard InChI is InChI=1S/C15H26N2O4/c18-12-5-9-17(10-6-12)14(21)16-11-15(13(19)20)7-3-1-2-4-8-15/h12,18H,1-11H2,(H,16,21)(H,19,20). The summed E-state index contributed by atoms with van der Waals surface area (Å²) in [5.41, 5.74) is -0.804. The zero-order chi connectivity index (χ0) is 15.3. The van der Waals surface area contributed by atoms with Crippen LogP contribution in [-0.4, -0.2) is 52.9 Å². The summed E-state index contributed by atoms with van der Waals surface area (Å²) < 4.78 is 0. The van der Waals surface area contributed by atoms with Gasteiger partial charge in [-0.2, -0.15) is 0 Å². The Balaban J connectivity index is 1.89. The summed E-state index contributed by atoms with van der Waals surface area (Å²) in [4.78, 5) is 25.5. The highest BCUT2D eigenvalue weighted by molar-refractivity contribution is 5.78. The van der Waals surface area contributed by atoms with Crippen molar-refractivity contribution < 1.29 is 19.8 Å². The van der Waals surface area contributed by atoms with Crippen LogP contribution in [0.25, 0.3) is 0 Å². The lowest BCUT2D eigenvalue weighted by Crippen LogP contribution is -2.50. The van der Waals surface area contributed by atoms with Crippen molar-refractivity contribution in [2.24, 2.45) is 5.41 Å². The second kappa shape index (κ2) is 7.11. The molecule has 3 N–H and O–H groups in total. The molecule has 0 aromatic heterocycles. The molecular formula is C15H26N2O4. The number of piperidine rings is 1. The van der Waals surface area contributed by atoms with Gasteiger partial charge in [-0.3, -0.25) is 4.79 Å². The van der Waals surface area contributed by atoms with Crippen LogP contribution in [0.5, 0.6) is 0 Å². The van der Waals surface area contributed by atoms with Gasteiger partial charge in [-0.1, -0.05) is 25.7 Å². The van der Waals surface area contributed by atoms with Gasteiger partial charge in [0.05, 0.1) is 11.5 Å². The van der Waals surface area contributed by atoms with Crippen LogP contribution < -0.4 is 5.32 Å². The van der Waals surface area contributed by atoms with E-state index in [1.807, 2.05) is 0 Å². The third-order valence-corrected chi connectivity index (χ3v) is 4.84. The number of nitrogens with zero attached hydrogens (tertiary/aromatic N) is 1. The second-order valence-electron chi connectivity index (χ2n) is 6.38. The summed E-state index contributed by atoms with van der Waals surface area (Å²) in [5.74, 6) is -0.793. The number of aliphatic hydroxyl groups excluding tert-OH is 1. The van der Waals surface area contributed by atoms with Gasteiger partial charge in [0.2, 0.25) is 0 Å². The molecule has 2 fully saturated rings. The highest BCUT2D eigenvalue weighted by atomic mass is 16.4. The van der Waals surface area contributed by atoms with E-state index in [1.54, 1.807) is 4.90 Å². The number of hydrogen-bond acceptors (Lipinski definition) is 3. The fourth-order valence-electron chi connectivity index (χ4n) is 3.30. The molecule has 0 atom stereocenters. The Kier molecular flexibility index (Phi) is 5.45. The van der Waals surface area contributed by atoms with Crippen LogP contribution in [0.1, 0.15) is 51.4 Å². The Morgan fingerprint density at radius 1 is 1.10 bits per heavy atom. The minimum atomic E-state index is -0.804. The largest absolute Gasteiger partial charge is 0.481 e. The SMILES string of the molecule is O=C(NCC1(C(=O)O)CCCCCC1)N1CCC(O)CC1. The zero-order valence-electron chi connectivity index (χ0n) is 12.5. The van der Waals surface area contributed by atoms with Crippen LogP contribution in [0.3, 0.4) is 0 Å². The van der Waals surface area contributed by atoms with Crippen molar-refractivity contribution in [2.45, 2.75) is 57.5 Å². The maximum atomic E-state index is 12.1. The maximum Gasteiger partial charge on any atom is 0.317 e. The highest BCUT2D eigenvalue weighted by Crippen LogP contribution is 2.34. The minimum Gasteiger partial charge on any atom is -0.481 e.